The molecular formula is C20H38CuO4-2. The van der Waals surface area contributed by atoms with E-state index >= 15 is 0 Å². The van der Waals surface area contributed by atoms with Crippen molar-refractivity contribution < 1.29 is 36.9 Å². The van der Waals surface area contributed by atoms with Crippen molar-refractivity contribution in [2.75, 3.05) is 0 Å². The van der Waals surface area contributed by atoms with E-state index in [0.717, 1.165) is 38.5 Å². The molecule has 25 heavy (non-hydrogen) atoms. The number of carboxylic acid groups (broad SMARTS) is 2. The van der Waals surface area contributed by atoms with Gasteiger partial charge in [0.05, 0.1) is 0 Å². The number of hydrogen-bond acceptors (Lipinski definition) is 4. The Bertz CT molecular complexity index is 318. The maximum Gasteiger partial charge on any atom is 0.0470 e. The fourth-order valence-electron chi connectivity index (χ4n) is 2.19. The van der Waals surface area contributed by atoms with Crippen LogP contribution in [-0.4, -0.2) is 11.9 Å². The molecule has 1 radical (unpaired) electrons. The molecule has 0 bridgehead atoms. The number of carboxylic acids is 2. The zero-order valence-electron chi connectivity index (χ0n) is 17.0. The first-order chi connectivity index (χ1) is 11.0. The number of rotatable bonds is 12. The molecule has 0 heterocycles. The number of hydrogen-bond donors (Lipinski definition) is 0. The minimum absolute atomic E-state index is 0. The van der Waals surface area contributed by atoms with Crippen LogP contribution in [0.25, 0.3) is 0 Å². The van der Waals surface area contributed by atoms with Crippen LogP contribution < -0.4 is 10.2 Å². The van der Waals surface area contributed by atoms with Crippen LogP contribution in [0, 0.1) is 10.8 Å². The Balaban J connectivity index is -0.000000372. The summed E-state index contributed by atoms with van der Waals surface area (Å²) in [5.41, 5.74) is -1.29. The average molecular weight is 406 g/mol. The van der Waals surface area contributed by atoms with E-state index in [1.54, 1.807) is 27.7 Å². The van der Waals surface area contributed by atoms with Gasteiger partial charge in [-0.2, -0.15) is 0 Å². The van der Waals surface area contributed by atoms with Crippen molar-refractivity contribution in [1.82, 2.24) is 0 Å². The van der Waals surface area contributed by atoms with Gasteiger partial charge in [-0.15, -0.1) is 0 Å². The molecular weight excluding hydrogens is 368 g/mol. The maximum atomic E-state index is 10.6. The SMILES string of the molecule is CCCCCCC(C)(C)C(=O)[O-].CCCCCCC(C)(C)C(=O)[O-].[Cu]. The molecule has 0 aromatic carbocycles. The fraction of sp³-hybridized carbons (Fsp3) is 0.900. The summed E-state index contributed by atoms with van der Waals surface area (Å²) in [4.78, 5) is 21.1. The van der Waals surface area contributed by atoms with Gasteiger partial charge in [0.25, 0.3) is 0 Å². The van der Waals surface area contributed by atoms with Crippen LogP contribution in [0.2, 0.25) is 0 Å². The summed E-state index contributed by atoms with van der Waals surface area (Å²) in [7, 11) is 0. The summed E-state index contributed by atoms with van der Waals surface area (Å²) >= 11 is 0. The first-order valence-electron chi connectivity index (χ1n) is 9.44. The second-order valence-electron chi connectivity index (χ2n) is 7.96. The van der Waals surface area contributed by atoms with E-state index in [4.69, 9.17) is 0 Å². The summed E-state index contributed by atoms with van der Waals surface area (Å²) in [5.74, 6) is -1.86. The third kappa shape index (κ3) is 16.7. The van der Waals surface area contributed by atoms with Crippen molar-refractivity contribution in [1.29, 1.82) is 0 Å². The molecule has 155 valence electrons. The van der Waals surface area contributed by atoms with Crippen LogP contribution in [0.5, 0.6) is 0 Å². The predicted molar refractivity (Wildman–Crippen MR) is 95.1 cm³/mol. The van der Waals surface area contributed by atoms with E-state index in [1.165, 1.54) is 25.7 Å². The van der Waals surface area contributed by atoms with E-state index < -0.39 is 22.8 Å². The number of aliphatic carboxylic acids is 2. The third-order valence-electron chi connectivity index (χ3n) is 4.42. The molecule has 0 rings (SSSR count). The number of carbonyl (C=O) groups is 2. The first kappa shape index (κ1) is 29.2. The Morgan fingerprint density at radius 1 is 0.640 bits per heavy atom. The van der Waals surface area contributed by atoms with Gasteiger partial charge in [0.15, 0.2) is 0 Å². The van der Waals surface area contributed by atoms with Gasteiger partial charge in [0.2, 0.25) is 0 Å². The minimum Gasteiger partial charge on any atom is -0.550 e. The summed E-state index contributed by atoms with van der Waals surface area (Å²) in [6.07, 6.45) is 10.5. The summed E-state index contributed by atoms with van der Waals surface area (Å²) < 4.78 is 0. The van der Waals surface area contributed by atoms with Gasteiger partial charge in [-0.05, 0) is 12.8 Å². The standard InChI is InChI=1S/2C10H20O2.Cu/c2*1-4-5-6-7-8-10(2,3)9(11)12;/h2*4-8H2,1-3H3,(H,11,12);/p-2. The molecule has 0 aromatic rings. The van der Waals surface area contributed by atoms with Crippen molar-refractivity contribution >= 4 is 11.9 Å². The molecule has 0 saturated heterocycles. The van der Waals surface area contributed by atoms with E-state index in [2.05, 4.69) is 13.8 Å². The zero-order chi connectivity index (χ0) is 19.2. The molecule has 4 nitrogen and oxygen atoms in total. The van der Waals surface area contributed by atoms with E-state index in [0.29, 0.717) is 0 Å². The van der Waals surface area contributed by atoms with E-state index in [9.17, 15) is 19.8 Å². The van der Waals surface area contributed by atoms with Gasteiger partial charge in [-0.3, -0.25) is 0 Å². The first-order valence-corrected chi connectivity index (χ1v) is 9.44. The summed E-state index contributed by atoms with van der Waals surface area (Å²) in [5, 5.41) is 21.1. The second-order valence-corrected chi connectivity index (χ2v) is 7.96. The van der Waals surface area contributed by atoms with E-state index in [-0.39, 0.29) is 17.1 Å². The Morgan fingerprint density at radius 3 is 1.12 bits per heavy atom. The van der Waals surface area contributed by atoms with Crippen molar-refractivity contribution in [2.45, 2.75) is 106 Å². The Kier molecular flexibility index (Phi) is 18.4. The second kappa shape index (κ2) is 15.7. The topological polar surface area (TPSA) is 80.3 Å². The monoisotopic (exact) mass is 405 g/mol. The molecule has 0 aliphatic rings. The molecule has 0 aromatic heterocycles. The normalized spacial score (nSPS) is 11.1. The van der Waals surface area contributed by atoms with Crippen LogP contribution >= 0.6 is 0 Å². The molecule has 0 fully saturated rings. The van der Waals surface area contributed by atoms with Crippen LogP contribution in [-0.2, 0) is 26.7 Å². The van der Waals surface area contributed by atoms with Crippen molar-refractivity contribution in [3.8, 4) is 0 Å². The predicted octanol–water partition coefficient (Wildman–Crippen LogP) is 3.46. The Morgan fingerprint density at radius 2 is 0.920 bits per heavy atom. The van der Waals surface area contributed by atoms with Crippen LogP contribution in [0.4, 0.5) is 0 Å². The number of carbonyl (C=O) groups excluding carboxylic acids is 2. The average Bonchev–Trinajstić information content (AvgIpc) is 2.48. The van der Waals surface area contributed by atoms with Crippen molar-refractivity contribution in [3.63, 3.8) is 0 Å². The molecule has 5 heteroatoms. The van der Waals surface area contributed by atoms with Gasteiger partial charge in [-0.25, -0.2) is 0 Å². The molecule has 0 aliphatic carbocycles. The zero-order valence-corrected chi connectivity index (χ0v) is 17.9. The summed E-state index contributed by atoms with van der Waals surface area (Å²) in [6.45, 7) is 11.2. The molecule has 0 unspecified atom stereocenters. The maximum absolute atomic E-state index is 10.6. The molecule has 0 saturated carbocycles. The largest absolute Gasteiger partial charge is 0.550 e. The van der Waals surface area contributed by atoms with E-state index in [1.807, 2.05) is 0 Å². The fourth-order valence-corrected chi connectivity index (χ4v) is 2.19. The van der Waals surface area contributed by atoms with Crippen molar-refractivity contribution in [2.24, 2.45) is 10.8 Å². The summed E-state index contributed by atoms with van der Waals surface area (Å²) in [6, 6.07) is 0. The van der Waals surface area contributed by atoms with Crippen molar-refractivity contribution in [3.05, 3.63) is 0 Å². The van der Waals surface area contributed by atoms with Crippen LogP contribution in [0.15, 0.2) is 0 Å². The van der Waals surface area contributed by atoms with Gasteiger partial charge in [-0.1, -0.05) is 92.9 Å². The molecule has 0 atom stereocenters. The molecule has 0 aliphatic heterocycles. The van der Waals surface area contributed by atoms with Crippen LogP contribution in [0.1, 0.15) is 106 Å². The Hall–Kier alpha value is -0.541. The van der Waals surface area contributed by atoms with Gasteiger partial charge >= 0.3 is 0 Å². The third-order valence-corrected chi connectivity index (χ3v) is 4.42. The smallest absolute Gasteiger partial charge is 0.0470 e. The Labute approximate surface area is 165 Å². The van der Waals surface area contributed by atoms with Crippen LogP contribution in [0.3, 0.4) is 0 Å². The minimum atomic E-state index is -0.931. The number of unbranched alkanes of at least 4 members (excludes halogenated alkanes) is 6. The molecule has 0 spiro atoms. The molecule has 0 N–H and O–H groups in total. The quantitative estimate of drug-likeness (QED) is 0.367. The molecule has 0 amide bonds. The van der Waals surface area contributed by atoms with Gasteiger partial charge < -0.3 is 19.8 Å². The van der Waals surface area contributed by atoms with Gasteiger partial charge in [0.1, 0.15) is 0 Å². The van der Waals surface area contributed by atoms with Gasteiger partial charge in [0, 0.05) is 39.8 Å².